The zero-order valence-corrected chi connectivity index (χ0v) is 18.6. The van der Waals surface area contributed by atoms with Crippen LogP contribution in [0.1, 0.15) is 17.5 Å². The van der Waals surface area contributed by atoms with E-state index in [-0.39, 0.29) is 10.8 Å². The highest BCUT2D eigenvalue weighted by molar-refractivity contribution is 7.89. The van der Waals surface area contributed by atoms with E-state index in [1.54, 1.807) is 19.2 Å². The van der Waals surface area contributed by atoms with E-state index >= 15 is 0 Å². The highest BCUT2D eigenvalue weighted by atomic mass is 32.2. The maximum atomic E-state index is 13.1. The standard InChI is InChI=1S/C25H26N2O4S/c1-31-18-8-17-26-32(29,30)23-15-13-22(14-16-23)27-25(28)24(21-11-6-3-7-12-21)19-20-9-4-2-5-10-20/h2-7,9-16,19,26H,8,17-18H2,1H3,(H,27,28)/b24-19+. The second kappa shape index (κ2) is 11.4. The zero-order valence-electron chi connectivity index (χ0n) is 17.8. The fraction of sp³-hybridized carbons (Fsp3) is 0.160. The van der Waals surface area contributed by atoms with Crippen LogP contribution in [0.15, 0.2) is 89.8 Å². The minimum absolute atomic E-state index is 0.135. The van der Waals surface area contributed by atoms with Crippen molar-refractivity contribution in [3.63, 3.8) is 0 Å². The normalized spacial score (nSPS) is 11.8. The van der Waals surface area contributed by atoms with Gasteiger partial charge in [0.05, 0.1) is 4.90 Å². The molecule has 1 amide bonds. The molecule has 0 saturated heterocycles. The summed E-state index contributed by atoms with van der Waals surface area (Å²) in [4.78, 5) is 13.2. The van der Waals surface area contributed by atoms with Crippen LogP contribution in [0, 0.1) is 0 Å². The van der Waals surface area contributed by atoms with Gasteiger partial charge in [-0.3, -0.25) is 4.79 Å². The lowest BCUT2D eigenvalue weighted by molar-refractivity contribution is -0.111. The molecular weight excluding hydrogens is 424 g/mol. The summed E-state index contributed by atoms with van der Waals surface area (Å²) >= 11 is 0. The number of sulfonamides is 1. The summed E-state index contributed by atoms with van der Waals surface area (Å²) in [6.45, 7) is 0.771. The Labute approximate surface area is 189 Å². The highest BCUT2D eigenvalue weighted by Gasteiger charge is 2.15. The number of hydrogen-bond acceptors (Lipinski definition) is 4. The molecule has 0 radical (unpaired) electrons. The molecule has 32 heavy (non-hydrogen) atoms. The summed E-state index contributed by atoms with van der Waals surface area (Å²) in [5.41, 5.74) is 2.70. The predicted molar refractivity (Wildman–Crippen MR) is 128 cm³/mol. The van der Waals surface area contributed by atoms with Gasteiger partial charge in [0, 0.05) is 31.5 Å². The van der Waals surface area contributed by atoms with Crippen LogP contribution in [-0.4, -0.2) is 34.6 Å². The largest absolute Gasteiger partial charge is 0.385 e. The predicted octanol–water partition coefficient (Wildman–Crippen LogP) is 4.18. The highest BCUT2D eigenvalue weighted by Crippen LogP contribution is 2.21. The van der Waals surface area contributed by atoms with Crippen molar-refractivity contribution in [1.29, 1.82) is 0 Å². The quantitative estimate of drug-likeness (QED) is 0.276. The molecule has 0 aromatic heterocycles. The minimum atomic E-state index is -3.62. The van der Waals surface area contributed by atoms with E-state index in [1.807, 2.05) is 66.7 Å². The number of methoxy groups -OCH3 is 1. The molecule has 0 bridgehead atoms. The number of nitrogens with one attached hydrogen (secondary N) is 2. The first-order valence-electron chi connectivity index (χ1n) is 10.2. The van der Waals surface area contributed by atoms with Gasteiger partial charge in [-0.25, -0.2) is 13.1 Å². The molecule has 0 heterocycles. The second-order valence-corrected chi connectivity index (χ2v) is 8.82. The summed E-state index contributed by atoms with van der Waals surface area (Å²) in [5.74, 6) is -0.284. The fourth-order valence-corrected chi connectivity index (χ4v) is 4.11. The van der Waals surface area contributed by atoms with Crippen molar-refractivity contribution in [1.82, 2.24) is 4.72 Å². The third-order valence-corrected chi connectivity index (χ3v) is 6.16. The van der Waals surface area contributed by atoms with Crippen LogP contribution in [-0.2, 0) is 19.6 Å². The Kier molecular flexibility index (Phi) is 8.33. The number of ether oxygens (including phenoxy) is 1. The van der Waals surface area contributed by atoms with E-state index in [2.05, 4.69) is 10.0 Å². The van der Waals surface area contributed by atoms with Crippen molar-refractivity contribution in [2.45, 2.75) is 11.3 Å². The number of hydrogen-bond donors (Lipinski definition) is 2. The monoisotopic (exact) mass is 450 g/mol. The Morgan fingerprint density at radius 2 is 1.53 bits per heavy atom. The average molecular weight is 451 g/mol. The molecule has 3 aromatic rings. The number of carbonyl (C=O) groups excluding carboxylic acids is 1. The summed E-state index contributed by atoms with van der Waals surface area (Å²) in [6, 6.07) is 25.1. The summed E-state index contributed by atoms with van der Waals surface area (Å²) in [5, 5.41) is 2.86. The van der Waals surface area contributed by atoms with E-state index in [0.717, 1.165) is 11.1 Å². The first-order chi connectivity index (χ1) is 15.5. The van der Waals surface area contributed by atoms with Crippen molar-refractivity contribution >= 4 is 33.3 Å². The van der Waals surface area contributed by atoms with Crippen LogP contribution in [0.5, 0.6) is 0 Å². The molecule has 3 aromatic carbocycles. The number of anilines is 1. The Bertz CT molecular complexity index is 1140. The fourth-order valence-electron chi connectivity index (χ4n) is 3.04. The third kappa shape index (κ3) is 6.62. The molecule has 0 atom stereocenters. The number of rotatable bonds is 10. The van der Waals surface area contributed by atoms with Gasteiger partial charge in [-0.1, -0.05) is 60.7 Å². The van der Waals surface area contributed by atoms with Gasteiger partial charge in [0.1, 0.15) is 0 Å². The average Bonchev–Trinajstić information content (AvgIpc) is 2.82. The third-order valence-electron chi connectivity index (χ3n) is 4.68. The smallest absolute Gasteiger partial charge is 0.256 e. The molecule has 3 rings (SSSR count). The van der Waals surface area contributed by atoms with Crippen molar-refractivity contribution in [3.05, 3.63) is 96.1 Å². The Morgan fingerprint density at radius 3 is 2.16 bits per heavy atom. The van der Waals surface area contributed by atoms with Crippen LogP contribution < -0.4 is 10.0 Å². The molecular formula is C25H26N2O4S. The molecule has 0 saturated carbocycles. The van der Waals surface area contributed by atoms with E-state index < -0.39 is 10.0 Å². The Morgan fingerprint density at radius 1 is 0.906 bits per heavy atom. The molecule has 0 aliphatic heterocycles. The first-order valence-corrected chi connectivity index (χ1v) is 11.7. The molecule has 6 nitrogen and oxygen atoms in total. The Balaban J connectivity index is 1.76. The molecule has 0 aliphatic carbocycles. The molecule has 2 N–H and O–H groups in total. The van der Waals surface area contributed by atoms with Crippen molar-refractivity contribution in [2.24, 2.45) is 0 Å². The van der Waals surface area contributed by atoms with Crippen molar-refractivity contribution in [3.8, 4) is 0 Å². The maximum Gasteiger partial charge on any atom is 0.256 e. The van der Waals surface area contributed by atoms with E-state index in [4.69, 9.17) is 4.74 Å². The first kappa shape index (κ1) is 23.4. The van der Waals surface area contributed by atoms with Crippen LogP contribution in [0.25, 0.3) is 11.6 Å². The lowest BCUT2D eigenvalue weighted by Crippen LogP contribution is -2.25. The number of benzene rings is 3. The van der Waals surface area contributed by atoms with Gasteiger partial charge in [0.2, 0.25) is 10.0 Å². The summed E-state index contributed by atoms with van der Waals surface area (Å²) in [7, 11) is -2.05. The minimum Gasteiger partial charge on any atom is -0.385 e. The Hall–Kier alpha value is -3.26. The topological polar surface area (TPSA) is 84.5 Å². The SMILES string of the molecule is COCCCNS(=O)(=O)c1ccc(NC(=O)/C(=C/c2ccccc2)c2ccccc2)cc1. The molecule has 166 valence electrons. The summed E-state index contributed by atoms with van der Waals surface area (Å²) < 4.78 is 32.2. The van der Waals surface area contributed by atoms with Gasteiger partial charge in [-0.15, -0.1) is 0 Å². The second-order valence-electron chi connectivity index (χ2n) is 7.06. The number of amides is 1. The molecule has 0 spiro atoms. The maximum absolute atomic E-state index is 13.1. The molecule has 0 fully saturated rings. The molecule has 7 heteroatoms. The lowest BCUT2D eigenvalue weighted by atomic mass is 10.0. The van der Waals surface area contributed by atoms with E-state index in [0.29, 0.717) is 30.8 Å². The summed E-state index contributed by atoms with van der Waals surface area (Å²) in [6.07, 6.45) is 2.41. The molecule has 0 aliphatic rings. The number of carbonyl (C=O) groups is 1. The van der Waals surface area contributed by atoms with Crippen LogP contribution in [0.4, 0.5) is 5.69 Å². The van der Waals surface area contributed by atoms with Gasteiger partial charge < -0.3 is 10.1 Å². The van der Waals surface area contributed by atoms with Gasteiger partial charge in [0.15, 0.2) is 0 Å². The molecule has 0 unspecified atom stereocenters. The van der Waals surface area contributed by atoms with Crippen LogP contribution >= 0.6 is 0 Å². The van der Waals surface area contributed by atoms with Gasteiger partial charge in [-0.05, 0) is 47.9 Å². The van der Waals surface area contributed by atoms with E-state index in [1.165, 1.54) is 12.1 Å². The van der Waals surface area contributed by atoms with Crippen LogP contribution in [0.3, 0.4) is 0 Å². The van der Waals surface area contributed by atoms with Crippen molar-refractivity contribution in [2.75, 3.05) is 25.6 Å². The van der Waals surface area contributed by atoms with Gasteiger partial charge >= 0.3 is 0 Å². The van der Waals surface area contributed by atoms with Gasteiger partial charge in [0.25, 0.3) is 5.91 Å². The van der Waals surface area contributed by atoms with Crippen LogP contribution in [0.2, 0.25) is 0 Å². The van der Waals surface area contributed by atoms with E-state index in [9.17, 15) is 13.2 Å². The van der Waals surface area contributed by atoms with Crippen molar-refractivity contribution < 1.29 is 17.9 Å². The zero-order chi connectivity index (χ0) is 22.8. The lowest BCUT2D eigenvalue weighted by Gasteiger charge is -2.11. The van der Waals surface area contributed by atoms with Gasteiger partial charge in [-0.2, -0.15) is 0 Å².